The summed E-state index contributed by atoms with van der Waals surface area (Å²) in [4.78, 5) is 25.1. The van der Waals surface area contributed by atoms with Crippen molar-refractivity contribution in [3.8, 4) is 0 Å². The van der Waals surface area contributed by atoms with Crippen LogP contribution >= 0.6 is 0 Å². The average molecular weight is 360 g/mol. The van der Waals surface area contributed by atoms with Crippen molar-refractivity contribution >= 4 is 16.9 Å². The number of benzene rings is 2. The zero-order valence-corrected chi connectivity index (χ0v) is 15.3. The van der Waals surface area contributed by atoms with Crippen molar-refractivity contribution in [2.75, 3.05) is 0 Å². The lowest BCUT2D eigenvalue weighted by Crippen LogP contribution is -2.20. The maximum atomic E-state index is 12.9. The summed E-state index contributed by atoms with van der Waals surface area (Å²) in [6, 6.07) is 19.2. The number of carbonyl (C=O) groups is 1. The maximum Gasteiger partial charge on any atom is 0.420 e. The molecule has 4 rings (SSSR count). The summed E-state index contributed by atoms with van der Waals surface area (Å²) in [5.41, 5.74) is 4.86. The minimum Gasteiger partial charge on any atom is -0.408 e. The second-order valence-electron chi connectivity index (χ2n) is 6.70. The van der Waals surface area contributed by atoms with Gasteiger partial charge in [0.2, 0.25) is 0 Å². The third kappa shape index (κ3) is 3.12. The van der Waals surface area contributed by atoms with Gasteiger partial charge in [-0.15, -0.1) is 0 Å². The van der Waals surface area contributed by atoms with Gasteiger partial charge in [-0.05, 0) is 37.6 Å². The monoisotopic (exact) mass is 360 g/mol. The number of nitrogens with zero attached hydrogens (tertiary/aromatic N) is 2. The number of Topliss-reactive ketones (excluding diaryl/α,β-unsaturated/α-hetero) is 1. The number of carbonyl (C=O) groups excluding carboxylic acids is 1. The molecule has 5 nitrogen and oxygen atoms in total. The van der Waals surface area contributed by atoms with Gasteiger partial charge < -0.3 is 8.98 Å². The van der Waals surface area contributed by atoms with E-state index in [9.17, 15) is 9.59 Å². The van der Waals surface area contributed by atoms with Crippen molar-refractivity contribution in [3.05, 3.63) is 93.7 Å². The molecule has 4 aromatic rings. The summed E-state index contributed by atoms with van der Waals surface area (Å²) in [5.74, 6) is -0.612. The molecule has 0 amide bonds. The lowest BCUT2D eigenvalue weighted by molar-refractivity contribution is 0.0970. The van der Waals surface area contributed by atoms with Crippen LogP contribution in [0.5, 0.6) is 0 Å². The number of para-hydroxylation sites is 2. The lowest BCUT2D eigenvalue weighted by Gasteiger charge is -2.10. The molecule has 0 spiro atoms. The van der Waals surface area contributed by atoms with E-state index in [4.69, 9.17) is 4.42 Å². The fourth-order valence-electron chi connectivity index (χ4n) is 3.49. The Morgan fingerprint density at radius 3 is 2.44 bits per heavy atom. The molecule has 0 unspecified atom stereocenters. The highest BCUT2D eigenvalue weighted by Gasteiger charge is 2.19. The van der Waals surface area contributed by atoms with Crippen molar-refractivity contribution in [2.45, 2.75) is 26.9 Å². The first kappa shape index (κ1) is 17.1. The van der Waals surface area contributed by atoms with Gasteiger partial charge in [0.15, 0.2) is 11.4 Å². The minimum atomic E-state index is -0.511. The number of hydrogen-bond acceptors (Lipinski definition) is 3. The van der Waals surface area contributed by atoms with Crippen molar-refractivity contribution in [3.63, 3.8) is 0 Å². The van der Waals surface area contributed by atoms with Gasteiger partial charge in [-0.3, -0.25) is 9.36 Å². The molecule has 0 atom stereocenters. The average Bonchev–Trinajstić information content (AvgIpc) is 3.13. The Bertz CT molecular complexity index is 1180. The Morgan fingerprint density at radius 2 is 1.67 bits per heavy atom. The zero-order valence-electron chi connectivity index (χ0n) is 15.3. The van der Waals surface area contributed by atoms with E-state index in [1.165, 1.54) is 10.1 Å². The highest BCUT2D eigenvalue weighted by Crippen LogP contribution is 2.19. The molecule has 0 aliphatic carbocycles. The van der Waals surface area contributed by atoms with E-state index in [-0.39, 0.29) is 12.3 Å². The number of ketones is 1. The largest absolute Gasteiger partial charge is 0.420 e. The summed E-state index contributed by atoms with van der Waals surface area (Å²) >= 11 is 0. The van der Waals surface area contributed by atoms with Crippen LogP contribution in [0.2, 0.25) is 0 Å². The van der Waals surface area contributed by atoms with Crippen LogP contribution in [0, 0.1) is 13.8 Å². The Hall–Kier alpha value is -3.34. The van der Waals surface area contributed by atoms with E-state index < -0.39 is 5.76 Å². The van der Waals surface area contributed by atoms with E-state index >= 15 is 0 Å². The molecule has 0 aliphatic rings. The molecule has 0 saturated carbocycles. The molecule has 0 bridgehead atoms. The van der Waals surface area contributed by atoms with E-state index in [1.54, 1.807) is 18.2 Å². The second-order valence-corrected chi connectivity index (χ2v) is 6.70. The standard InChI is InChI=1S/C22H20N2O3/c1-15-12-18(16(2)23(15)13-17-8-4-3-5-9-17)20(25)14-24-19-10-6-7-11-21(19)27-22(24)26/h3-12H,13-14H2,1-2H3. The summed E-state index contributed by atoms with van der Waals surface area (Å²) in [5, 5.41) is 0. The zero-order chi connectivity index (χ0) is 19.0. The Morgan fingerprint density at radius 1 is 0.963 bits per heavy atom. The number of aryl methyl sites for hydroxylation is 1. The van der Waals surface area contributed by atoms with E-state index in [0.29, 0.717) is 23.2 Å². The number of fused-ring (bicyclic) bond motifs is 1. The van der Waals surface area contributed by atoms with Crippen LogP contribution in [-0.2, 0) is 13.1 Å². The molecule has 0 fully saturated rings. The van der Waals surface area contributed by atoms with Crippen LogP contribution in [0.3, 0.4) is 0 Å². The summed E-state index contributed by atoms with van der Waals surface area (Å²) in [6.45, 7) is 4.61. The van der Waals surface area contributed by atoms with E-state index in [0.717, 1.165) is 11.4 Å². The molecule has 2 aromatic carbocycles. The molecule has 136 valence electrons. The Balaban J connectivity index is 1.65. The molecule has 0 N–H and O–H groups in total. The SMILES string of the molecule is Cc1cc(C(=O)Cn2c(=O)oc3ccccc32)c(C)n1Cc1ccccc1. The topological polar surface area (TPSA) is 57.1 Å². The van der Waals surface area contributed by atoms with Crippen LogP contribution < -0.4 is 5.76 Å². The van der Waals surface area contributed by atoms with Crippen molar-refractivity contribution in [1.29, 1.82) is 0 Å². The van der Waals surface area contributed by atoms with Crippen molar-refractivity contribution < 1.29 is 9.21 Å². The normalized spacial score (nSPS) is 11.2. The van der Waals surface area contributed by atoms with Gasteiger partial charge in [-0.2, -0.15) is 0 Å². The van der Waals surface area contributed by atoms with Gasteiger partial charge in [0.1, 0.15) is 0 Å². The molecule has 0 radical (unpaired) electrons. The third-order valence-electron chi connectivity index (χ3n) is 4.93. The fraction of sp³-hybridized carbons (Fsp3) is 0.182. The summed E-state index contributed by atoms with van der Waals surface area (Å²) in [6.07, 6.45) is 0. The number of aromatic nitrogens is 2. The van der Waals surface area contributed by atoms with Crippen LogP contribution in [0.4, 0.5) is 0 Å². The molecule has 0 aliphatic heterocycles. The Labute approximate surface area is 156 Å². The molecule has 2 heterocycles. The van der Waals surface area contributed by atoms with Crippen LogP contribution in [0.15, 0.2) is 69.9 Å². The predicted octanol–water partition coefficient (Wildman–Crippen LogP) is 3.94. The summed E-state index contributed by atoms with van der Waals surface area (Å²) < 4.78 is 8.74. The molecular weight excluding hydrogens is 340 g/mol. The lowest BCUT2D eigenvalue weighted by atomic mass is 10.1. The van der Waals surface area contributed by atoms with E-state index in [1.807, 2.05) is 44.2 Å². The molecule has 27 heavy (non-hydrogen) atoms. The highest BCUT2D eigenvalue weighted by molar-refractivity contribution is 5.98. The quantitative estimate of drug-likeness (QED) is 0.507. The van der Waals surface area contributed by atoms with Crippen molar-refractivity contribution in [1.82, 2.24) is 9.13 Å². The van der Waals surface area contributed by atoms with Gasteiger partial charge in [-0.1, -0.05) is 42.5 Å². The van der Waals surface area contributed by atoms with Gasteiger partial charge in [-0.25, -0.2) is 4.79 Å². The maximum absolute atomic E-state index is 12.9. The predicted molar refractivity (Wildman–Crippen MR) is 104 cm³/mol. The first-order valence-electron chi connectivity index (χ1n) is 8.87. The number of hydrogen-bond donors (Lipinski definition) is 0. The second kappa shape index (κ2) is 6.76. The fourth-order valence-corrected chi connectivity index (χ4v) is 3.49. The van der Waals surface area contributed by atoms with Crippen LogP contribution in [0.1, 0.15) is 27.3 Å². The molecule has 2 aromatic heterocycles. The summed E-state index contributed by atoms with van der Waals surface area (Å²) in [7, 11) is 0. The van der Waals surface area contributed by atoms with Crippen LogP contribution in [0.25, 0.3) is 11.1 Å². The highest BCUT2D eigenvalue weighted by atomic mass is 16.4. The van der Waals surface area contributed by atoms with Crippen molar-refractivity contribution in [2.24, 2.45) is 0 Å². The number of oxazole rings is 1. The first-order valence-corrected chi connectivity index (χ1v) is 8.87. The number of rotatable bonds is 5. The molecule has 5 heteroatoms. The molecule has 0 saturated heterocycles. The smallest absolute Gasteiger partial charge is 0.408 e. The molecular formula is C22H20N2O3. The Kier molecular flexibility index (Phi) is 4.28. The minimum absolute atomic E-state index is 0.0362. The van der Waals surface area contributed by atoms with Crippen LogP contribution in [-0.4, -0.2) is 14.9 Å². The van der Waals surface area contributed by atoms with Gasteiger partial charge >= 0.3 is 5.76 Å². The third-order valence-corrected chi connectivity index (χ3v) is 4.93. The first-order chi connectivity index (χ1) is 13.0. The van der Waals surface area contributed by atoms with E-state index in [2.05, 4.69) is 16.7 Å². The van der Waals surface area contributed by atoms with Gasteiger partial charge in [0, 0.05) is 23.5 Å². The van der Waals surface area contributed by atoms with Gasteiger partial charge in [0.05, 0.1) is 12.1 Å². The van der Waals surface area contributed by atoms with Gasteiger partial charge in [0.25, 0.3) is 0 Å².